The van der Waals surface area contributed by atoms with E-state index in [4.69, 9.17) is 4.74 Å². The summed E-state index contributed by atoms with van der Waals surface area (Å²) in [6.45, 7) is 3.20. The lowest BCUT2D eigenvalue weighted by molar-refractivity contribution is -0.141. The van der Waals surface area contributed by atoms with Crippen LogP contribution in [0.5, 0.6) is 0 Å². The van der Waals surface area contributed by atoms with Crippen LogP contribution in [0.15, 0.2) is 18.6 Å². The minimum absolute atomic E-state index is 0.0261. The summed E-state index contributed by atoms with van der Waals surface area (Å²) in [5.41, 5.74) is 1.47. The Bertz CT molecular complexity index is 816. The number of aromatic nitrogens is 4. The molecule has 152 valence electrons. The van der Waals surface area contributed by atoms with Gasteiger partial charge in [0, 0.05) is 56.5 Å². The number of anilines is 1. The standard InChI is InChI=1S/C18H23F3N6O/c1-26-14-4-7-28-15(13(14)9-24-26)10-27-5-2-12(3-6-27)25-17-8-16(18(19,20)21)22-11-23-17/h8-9,11-12,15H,2-7,10H2,1H3,(H,22,23,25). The molecule has 2 aromatic heterocycles. The van der Waals surface area contributed by atoms with Crippen molar-refractivity contribution in [2.75, 3.05) is 31.6 Å². The number of hydrogen-bond acceptors (Lipinski definition) is 6. The molecule has 28 heavy (non-hydrogen) atoms. The van der Waals surface area contributed by atoms with Crippen LogP contribution in [0.2, 0.25) is 0 Å². The quantitative estimate of drug-likeness (QED) is 0.856. The SMILES string of the molecule is Cn1ncc2c1CCOC2CN1CCC(Nc2cc(C(F)(F)F)ncn2)CC1. The molecule has 0 amide bonds. The first kappa shape index (κ1) is 19.1. The predicted octanol–water partition coefficient (Wildman–Crippen LogP) is 2.42. The summed E-state index contributed by atoms with van der Waals surface area (Å²) in [6, 6.07) is 1.06. The van der Waals surface area contributed by atoms with Gasteiger partial charge in [0.2, 0.25) is 0 Å². The van der Waals surface area contributed by atoms with E-state index in [2.05, 4.69) is 25.3 Å². The van der Waals surface area contributed by atoms with E-state index in [0.717, 1.165) is 56.9 Å². The van der Waals surface area contributed by atoms with Crippen molar-refractivity contribution in [1.82, 2.24) is 24.6 Å². The first-order valence-corrected chi connectivity index (χ1v) is 9.40. The molecule has 0 aliphatic carbocycles. The molecule has 2 aliphatic heterocycles. The fourth-order valence-electron chi connectivity index (χ4n) is 3.89. The van der Waals surface area contributed by atoms with Crippen LogP contribution in [-0.2, 0) is 24.4 Å². The van der Waals surface area contributed by atoms with E-state index in [1.165, 1.54) is 5.69 Å². The molecule has 0 radical (unpaired) electrons. The van der Waals surface area contributed by atoms with Crippen molar-refractivity contribution < 1.29 is 17.9 Å². The van der Waals surface area contributed by atoms with Crippen molar-refractivity contribution >= 4 is 5.82 Å². The van der Waals surface area contributed by atoms with Gasteiger partial charge in [-0.1, -0.05) is 0 Å². The van der Waals surface area contributed by atoms with Crippen LogP contribution < -0.4 is 5.32 Å². The number of fused-ring (bicyclic) bond motifs is 1. The lowest BCUT2D eigenvalue weighted by Gasteiger charge is -2.35. The summed E-state index contributed by atoms with van der Waals surface area (Å²) >= 11 is 0. The number of ether oxygens (including phenoxy) is 1. The van der Waals surface area contributed by atoms with Crippen LogP contribution in [0.1, 0.15) is 35.9 Å². The van der Waals surface area contributed by atoms with E-state index in [9.17, 15) is 13.2 Å². The van der Waals surface area contributed by atoms with Gasteiger partial charge in [0.25, 0.3) is 0 Å². The molecule has 0 saturated carbocycles. The monoisotopic (exact) mass is 396 g/mol. The van der Waals surface area contributed by atoms with E-state index in [1.54, 1.807) is 0 Å². The maximum Gasteiger partial charge on any atom is 0.433 e. The van der Waals surface area contributed by atoms with E-state index in [-0.39, 0.29) is 18.0 Å². The molecule has 7 nitrogen and oxygen atoms in total. The number of aryl methyl sites for hydroxylation is 1. The molecule has 2 aliphatic rings. The normalized spacial score (nSPS) is 21.5. The number of hydrogen-bond donors (Lipinski definition) is 1. The molecule has 1 unspecified atom stereocenters. The van der Waals surface area contributed by atoms with Crippen molar-refractivity contribution in [3.05, 3.63) is 35.5 Å². The summed E-state index contributed by atoms with van der Waals surface area (Å²) in [6.07, 6.45) is 0.947. The zero-order chi connectivity index (χ0) is 19.7. The van der Waals surface area contributed by atoms with Crippen molar-refractivity contribution in [3.8, 4) is 0 Å². The zero-order valence-electron chi connectivity index (χ0n) is 15.6. The van der Waals surface area contributed by atoms with Crippen molar-refractivity contribution in [3.63, 3.8) is 0 Å². The third kappa shape index (κ3) is 4.12. The summed E-state index contributed by atoms with van der Waals surface area (Å²) in [4.78, 5) is 9.56. The Labute approximate surface area is 160 Å². The van der Waals surface area contributed by atoms with Gasteiger partial charge < -0.3 is 15.0 Å². The molecular weight excluding hydrogens is 373 g/mol. The highest BCUT2D eigenvalue weighted by Gasteiger charge is 2.33. The van der Waals surface area contributed by atoms with Gasteiger partial charge in [-0.05, 0) is 12.8 Å². The topological polar surface area (TPSA) is 68.1 Å². The Balaban J connectivity index is 1.31. The second kappa shape index (κ2) is 7.67. The average Bonchev–Trinajstić information content (AvgIpc) is 3.05. The van der Waals surface area contributed by atoms with E-state index < -0.39 is 11.9 Å². The molecule has 1 N–H and O–H groups in total. The average molecular weight is 396 g/mol. The van der Waals surface area contributed by atoms with Gasteiger partial charge in [-0.2, -0.15) is 18.3 Å². The molecule has 4 heterocycles. The second-order valence-corrected chi connectivity index (χ2v) is 7.29. The lowest BCUT2D eigenvalue weighted by Crippen LogP contribution is -2.42. The molecule has 1 atom stereocenters. The highest BCUT2D eigenvalue weighted by molar-refractivity contribution is 5.37. The largest absolute Gasteiger partial charge is 0.433 e. The molecule has 2 aromatic rings. The molecular formula is C18H23F3N6O. The van der Waals surface area contributed by atoms with Crippen LogP contribution in [-0.4, -0.2) is 56.9 Å². The van der Waals surface area contributed by atoms with Crippen LogP contribution in [0.4, 0.5) is 19.0 Å². The number of rotatable bonds is 4. The van der Waals surface area contributed by atoms with Crippen LogP contribution in [0, 0.1) is 0 Å². The second-order valence-electron chi connectivity index (χ2n) is 7.29. The molecule has 4 rings (SSSR count). The maximum atomic E-state index is 12.8. The third-order valence-corrected chi connectivity index (χ3v) is 5.42. The first-order chi connectivity index (χ1) is 13.4. The van der Waals surface area contributed by atoms with Gasteiger partial charge in [0.15, 0.2) is 0 Å². The molecule has 0 bridgehead atoms. The van der Waals surface area contributed by atoms with E-state index >= 15 is 0 Å². The van der Waals surface area contributed by atoms with Crippen LogP contribution in [0.3, 0.4) is 0 Å². The lowest BCUT2D eigenvalue weighted by atomic mass is 10.0. The van der Waals surface area contributed by atoms with Gasteiger partial charge in [0.05, 0.1) is 18.9 Å². The van der Waals surface area contributed by atoms with Gasteiger partial charge in [-0.15, -0.1) is 0 Å². The Hall–Kier alpha value is -2.20. The fourth-order valence-corrected chi connectivity index (χ4v) is 3.89. The van der Waals surface area contributed by atoms with Crippen molar-refractivity contribution in [2.24, 2.45) is 7.05 Å². The van der Waals surface area contributed by atoms with Gasteiger partial charge in [-0.25, -0.2) is 9.97 Å². The van der Waals surface area contributed by atoms with Crippen molar-refractivity contribution in [1.29, 1.82) is 0 Å². The summed E-state index contributed by atoms with van der Waals surface area (Å²) in [7, 11) is 1.95. The van der Waals surface area contributed by atoms with Gasteiger partial charge >= 0.3 is 6.18 Å². The number of likely N-dealkylation sites (tertiary alicyclic amines) is 1. The van der Waals surface area contributed by atoms with Crippen LogP contribution in [0.25, 0.3) is 0 Å². The van der Waals surface area contributed by atoms with Crippen molar-refractivity contribution in [2.45, 2.75) is 37.6 Å². The summed E-state index contributed by atoms with van der Waals surface area (Å²) < 4.78 is 46.2. The first-order valence-electron chi connectivity index (χ1n) is 9.40. The summed E-state index contributed by atoms with van der Waals surface area (Å²) in [5, 5.41) is 7.45. The molecule has 0 spiro atoms. The smallest absolute Gasteiger partial charge is 0.372 e. The molecule has 1 fully saturated rings. The van der Waals surface area contributed by atoms with Gasteiger partial charge in [0.1, 0.15) is 17.8 Å². The number of alkyl halides is 3. The van der Waals surface area contributed by atoms with E-state index in [1.807, 2.05) is 17.9 Å². The summed E-state index contributed by atoms with van der Waals surface area (Å²) in [5.74, 6) is 0.219. The molecule has 1 saturated heterocycles. The Morgan fingerprint density at radius 3 is 2.79 bits per heavy atom. The number of nitrogens with zero attached hydrogens (tertiary/aromatic N) is 5. The number of piperidine rings is 1. The number of nitrogens with one attached hydrogen (secondary N) is 1. The highest BCUT2D eigenvalue weighted by atomic mass is 19.4. The van der Waals surface area contributed by atoms with Gasteiger partial charge in [-0.3, -0.25) is 4.68 Å². The fraction of sp³-hybridized carbons (Fsp3) is 0.611. The number of halogens is 3. The van der Waals surface area contributed by atoms with E-state index in [0.29, 0.717) is 6.61 Å². The third-order valence-electron chi connectivity index (χ3n) is 5.42. The molecule has 0 aromatic carbocycles. The molecule has 10 heteroatoms. The zero-order valence-corrected chi connectivity index (χ0v) is 15.6. The Morgan fingerprint density at radius 1 is 1.25 bits per heavy atom. The minimum atomic E-state index is -4.46. The maximum absolute atomic E-state index is 12.8. The Kier molecular flexibility index (Phi) is 5.24. The predicted molar refractivity (Wildman–Crippen MR) is 95.7 cm³/mol. The minimum Gasteiger partial charge on any atom is -0.372 e. The highest BCUT2D eigenvalue weighted by Crippen LogP contribution is 2.30. The van der Waals surface area contributed by atoms with Crippen LogP contribution >= 0.6 is 0 Å². The Morgan fingerprint density at radius 2 is 2.04 bits per heavy atom.